The van der Waals surface area contributed by atoms with Gasteiger partial charge in [-0.25, -0.2) is 0 Å². The maximum Gasteiger partial charge on any atom is 0.0921 e. The molecule has 1 aliphatic rings. The van der Waals surface area contributed by atoms with Gasteiger partial charge in [0.15, 0.2) is 0 Å². The molecule has 0 aliphatic carbocycles. The molecule has 0 aromatic heterocycles. The number of hydrogen-bond acceptors (Lipinski definition) is 1. The van der Waals surface area contributed by atoms with Gasteiger partial charge in [0.25, 0.3) is 0 Å². The first-order chi connectivity index (χ1) is 5.16. The van der Waals surface area contributed by atoms with Crippen molar-refractivity contribution in [3.8, 4) is 0 Å². The second kappa shape index (κ2) is 3.29. The lowest BCUT2D eigenvalue weighted by Gasteiger charge is -2.30. The van der Waals surface area contributed by atoms with Gasteiger partial charge >= 0.3 is 0 Å². The molecule has 2 unspecified atom stereocenters. The van der Waals surface area contributed by atoms with E-state index >= 15 is 0 Å². The van der Waals surface area contributed by atoms with Crippen LogP contribution >= 0.6 is 0 Å². The molecule has 0 spiro atoms. The van der Waals surface area contributed by atoms with Crippen LogP contribution in [0.1, 0.15) is 34.1 Å². The fraction of sp³-hybridized carbons (Fsp3) is 0.800. The van der Waals surface area contributed by atoms with E-state index in [1.54, 1.807) is 0 Å². The Bertz CT molecular complexity index is 170. The van der Waals surface area contributed by atoms with Crippen molar-refractivity contribution in [2.24, 2.45) is 11.8 Å². The van der Waals surface area contributed by atoms with Crippen molar-refractivity contribution in [1.82, 2.24) is 0 Å². The number of ether oxygens (including phenoxy) is 1. The molecular formula is C10H18O. The third-order valence-corrected chi connectivity index (χ3v) is 2.80. The van der Waals surface area contributed by atoms with Crippen LogP contribution in [0.5, 0.6) is 0 Å². The fourth-order valence-electron chi connectivity index (χ4n) is 1.88. The second-order valence-corrected chi connectivity index (χ2v) is 3.54. The van der Waals surface area contributed by atoms with Crippen LogP contribution in [0.25, 0.3) is 0 Å². The molecule has 0 saturated heterocycles. The molecular weight excluding hydrogens is 136 g/mol. The van der Waals surface area contributed by atoms with Crippen LogP contribution in [-0.4, -0.2) is 6.61 Å². The minimum Gasteiger partial charge on any atom is -0.498 e. The SMILES string of the molecule is CCC1C(C)=C(C)OCC1C. The van der Waals surface area contributed by atoms with Gasteiger partial charge in [-0.15, -0.1) is 0 Å². The van der Waals surface area contributed by atoms with Gasteiger partial charge in [0.1, 0.15) is 0 Å². The smallest absolute Gasteiger partial charge is 0.0921 e. The van der Waals surface area contributed by atoms with Gasteiger partial charge in [0.2, 0.25) is 0 Å². The van der Waals surface area contributed by atoms with Gasteiger partial charge in [-0.05, 0) is 37.7 Å². The zero-order valence-corrected chi connectivity index (χ0v) is 7.98. The molecule has 0 bridgehead atoms. The molecule has 64 valence electrons. The average Bonchev–Trinajstić information content (AvgIpc) is 1.99. The molecule has 0 N–H and O–H groups in total. The Morgan fingerprint density at radius 1 is 1.45 bits per heavy atom. The summed E-state index contributed by atoms with van der Waals surface area (Å²) in [6.07, 6.45) is 1.24. The maximum absolute atomic E-state index is 5.51. The quantitative estimate of drug-likeness (QED) is 0.564. The first kappa shape index (κ1) is 8.63. The van der Waals surface area contributed by atoms with E-state index in [2.05, 4.69) is 27.7 Å². The van der Waals surface area contributed by atoms with Crippen LogP contribution < -0.4 is 0 Å². The van der Waals surface area contributed by atoms with E-state index in [9.17, 15) is 0 Å². The maximum atomic E-state index is 5.51. The van der Waals surface area contributed by atoms with Crippen molar-refractivity contribution < 1.29 is 4.74 Å². The van der Waals surface area contributed by atoms with Crippen molar-refractivity contribution in [2.75, 3.05) is 6.61 Å². The molecule has 1 heterocycles. The van der Waals surface area contributed by atoms with E-state index in [0.29, 0.717) is 5.92 Å². The Morgan fingerprint density at radius 2 is 2.09 bits per heavy atom. The zero-order chi connectivity index (χ0) is 8.43. The lowest BCUT2D eigenvalue weighted by atomic mass is 9.84. The third-order valence-electron chi connectivity index (χ3n) is 2.80. The summed E-state index contributed by atoms with van der Waals surface area (Å²) in [5.41, 5.74) is 1.45. The van der Waals surface area contributed by atoms with Crippen LogP contribution in [0.4, 0.5) is 0 Å². The van der Waals surface area contributed by atoms with Crippen molar-refractivity contribution in [3.63, 3.8) is 0 Å². The molecule has 11 heavy (non-hydrogen) atoms. The summed E-state index contributed by atoms with van der Waals surface area (Å²) in [6.45, 7) is 9.69. The van der Waals surface area contributed by atoms with Gasteiger partial charge in [0, 0.05) is 0 Å². The Kier molecular flexibility index (Phi) is 2.58. The Morgan fingerprint density at radius 3 is 2.55 bits per heavy atom. The number of allylic oxidation sites excluding steroid dienone is 2. The third kappa shape index (κ3) is 1.58. The molecule has 0 aromatic rings. The molecule has 0 fully saturated rings. The summed E-state index contributed by atoms with van der Waals surface area (Å²) < 4.78 is 5.51. The molecule has 1 nitrogen and oxygen atoms in total. The first-order valence-electron chi connectivity index (χ1n) is 4.47. The fourth-order valence-corrected chi connectivity index (χ4v) is 1.88. The van der Waals surface area contributed by atoms with Crippen molar-refractivity contribution in [2.45, 2.75) is 34.1 Å². The highest BCUT2D eigenvalue weighted by Gasteiger charge is 2.23. The summed E-state index contributed by atoms with van der Waals surface area (Å²) in [4.78, 5) is 0. The summed E-state index contributed by atoms with van der Waals surface area (Å²) in [5.74, 6) is 2.60. The molecule has 1 heteroatoms. The summed E-state index contributed by atoms with van der Waals surface area (Å²) >= 11 is 0. The van der Waals surface area contributed by atoms with Gasteiger partial charge in [-0.1, -0.05) is 13.8 Å². The monoisotopic (exact) mass is 154 g/mol. The lowest BCUT2D eigenvalue weighted by molar-refractivity contribution is 0.116. The minimum atomic E-state index is 0.698. The molecule has 2 atom stereocenters. The van der Waals surface area contributed by atoms with E-state index in [1.807, 2.05) is 0 Å². The van der Waals surface area contributed by atoms with Crippen LogP contribution in [0, 0.1) is 11.8 Å². The van der Waals surface area contributed by atoms with Crippen molar-refractivity contribution in [3.05, 3.63) is 11.3 Å². The highest BCUT2D eigenvalue weighted by atomic mass is 16.5. The van der Waals surface area contributed by atoms with Crippen LogP contribution in [0.3, 0.4) is 0 Å². The highest BCUT2D eigenvalue weighted by molar-refractivity contribution is 5.11. The van der Waals surface area contributed by atoms with Gasteiger partial charge in [-0.2, -0.15) is 0 Å². The summed E-state index contributed by atoms with van der Waals surface area (Å²) in [7, 11) is 0. The largest absolute Gasteiger partial charge is 0.498 e. The minimum absolute atomic E-state index is 0.698. The zero-order valence-electron chi connectivity index (χ0n) is 7.98. The summed E-state index contributed by atoms with van der Waals surface area (Å²) in [5, 5.41) is 0. The highest BCUT2D eigenvalue weighted by Crippen LogP contribution is 2.31. The normalized spacial score (nSPS) is 32.0. The van der Waals surface area contributed by atoms with E-state index in [-0.39, 0.29) is 0 Å². The van der Waals surface area contributed by atoms with Crippen molar-refractivity contribution in [1.29, 1.82) is 0 Å². The predicted octanol–water partition coefficient (Wildman–Crippen LogP) is 2.97. The van der Waals surface area contributed by atoms with Gasteiger partial charge < -0.3 is 4.74 Å². The van der Waals surface area contributed by atoms with E-state index in [0.717, 1.165) is 18.3 Å². The Labute approximate surface area is 69.4 Å². The number of rotatable bonds is 1. The van der Waals surface area contributed by atoms with Crippen LogP contribution in [-0.2, 0) is 4.74 Å². The Balaban J connectivity index is 2.78. The van der Waals surface area contributed by atoms with Crippen molar-refractivity contribution >= 4 is 0 Å². The first-order valence-corrected chi connectivity index (χ1v) is 4.47. The number of hydrogen-bond donors (Lipinski definition) is 0. The van der Waals surface area contributed by atoms with E-state index in [1.165, 1.54) is 12.0 Å². The Hall–Kier alpha value is -0.460. The van der Waals surface area contributed by atoms with E-state index < -0.39 is 0 Å². The molecule has 1 aliphatic heterocycles. The van der Waals surface area contributed by atoms with Gasteiger partial charge in [0.05, 0.1) is 12.4 Å². The van der Waals surface area contributed by atoms with Crippen LogP contribution in [0.2, 0.25) is 0 Å². The summed E-state index contributed by atoms with van der Waals surface area (Å²) in [6, 6.07) is 0. The standard InChI is InChI=1S/C10H18O/c1-5-10-7(2)6-11-9(4)8(10)3/h7,10H,5-6H2,1-4H3. The van der Waals surface area contributed by atoms with Gasteiger partial charge in [-0.3, -0.25) is 0 Å². The molecule has 1 rings (SSSR count). The van der Waals surface area contributed by atoms with E-state index in [4.69, 9.17) is 4.74 Å². The van der Waals surface area contributed by atoms with Crippen LogP contribution in [0.15, 0.2) is 11.3 Å². The molecule has 0 amide bonds. The molecule has 0 aromatic carbocycles. The lowest BCUT2D eigenvalue weighted by Crippen LogP contribution is -2.23. The second-order valence-electron chi connectivity index (χ2n) is 3.54. The molecule has 0 radical (unpaired) electrons. The topological polar surface area (TPSA) is 9.23 Å². The predicted molar refractivity (Wildman–Crippen MR) is 47.3 cm³/mol. The average molecular weight is 154 g/mol. The molecule has 0 saturated carbocycles.